The standard InChI is InChI=1S/C33H54O11/c1-29(2,40)10-9-24(36)32(5,41)23-8-13-33(42)19-15-21(35)20-14-17(6-11-30(20,3)18(19)7-12-31(23,33)4)43-28-27(39)26(38)25(37)22(16-34)44-28/h15,17-18,20,22-28,34,36-42H,6-14,16H2,1-5H3/t17-,18-,20-,22?,23?,24+,25+,26+,27?,28+,30+,31+,32+,33+/m0/s1. The number of rotatable bonds is 8. The van der Waals surface area contributed by atoms with Crippen LogP contribution in [0.5, 0.6) is 0 Å². The largest absolute Gasteiger partial charge is 0.394 e. The number of ether oxygens (including phenoxy) is 2. The molecule has 5 rings (SSSR count). The molecular formula is C33H54O11. The van der Waals surface area contributed by atoms with E-state index in [1.165, 1.54) is 0 Å². The molecule has 11 nitrogen and oxygen atoms in total. The van der Waals surface area contributed by atoms with Crippen molar-refractivity contribution in [3.63, 3.8) is 0 Å². The summed E-state index contributed by atoms with van der Waals surface area (Å²) in [5.41, 5.74) is -4.26. The highest BCUT2D eigenvalue weighted by atomic mass is 16.7. The Hall–Kier alpha value is -0.990. The molecule has 252 valence electrons. The van der Waals surface area contributed by atoms with Gasteiger partial charge in [0.2, 0.25) is 0 Å². The molecule has 14 atom stereocenters. The van der Waals surface area contributed by atoms with Crippen LogP contribution in [0.3, 0.4) is 0 Å². The van der Waals surface area contributed by atoms with Crippen LogP contribution in [0.1, 0.15) is 92.4 Å². The molecule has 1 heterocycles. The number of carbonyl (C=O) groups is 1. The molecule has 3 saturated carbocycles. The van der Waals surface area contributed by atoms with E-state index in [9.17, 15) is 45.6 Å². The van der Waals surface area contributed by atoms with E-state index in [-0.39, 0.29) is 18.1 Å². The van der Waals surface area contributed by atoms with E-state index in [4.69, 9.17) is 9.47 Å². The number of ketones is 1. The minimum atomic E-state index is -1.54. The molecule has 4 fully saturated rings. The highest BCUT2D eigenvalue weighted by Crippen LogP contribution is 2.68. The van der Waals surface area contributed by atoms with Crippen LogP contribution < -0.4 is 0 Å². The number of carbonyl (C=O) groups excluding carboxylic acids is 1. The van der Waals surface area contributed by atoms with Gasteiger partial charge in [0.1, 0.15) is 24.4 Å². The fourth-order valence-corrected chi connectivity index (χ4v) is 9.75. The summed E-state index contributed by atoms with van der Waals surface area (Å²) in [4.78, 5) is 13.8. The van der Waals surface area contributed by atoms with Gasteiger partial charge < -0.3 is 50.3 Å². The molecule has 5 aliphatic rings. The first-order chi connectivity index (χ1) is 20.3. The lowest BCUT2D eigenvalue weighted by molar-refractivity contribution is -0.315. The van der Waals surface area contributed by atoms with Crippen LogP contribution >= 0.6 is 0 Å². The van der Waals surface area contributed by atoms with Gasteiger partial charge in [-0.2, -0.15) is 0 Å². The summed E-state index contributed by atoms with van der Waals surface area (Å²) < 4.78 is 11.6. The van der Waals surface area contributed by atoms with Crippen molar-refractivity contribution in [1.82, 2.24) is 0 Å². The summed E-state index contributed by atoms with van der Waals surface area (Å²) in [5.74, 6) is -0.960. The van der Waals surface area contributed by atoms with Crippen molar-refractivity contribution >= 4 is 5.78 Å². The summed E-state index contributed by atoms with van der Waals surface area (Å²) in [6.07, 6.45) is -2.51. The van der Waals surface area contributed by atoms with E-state index < -0.39 is 89.0 Å². The highest BCUT2D eigenvalue weighted by molar-refractivity contribution is 5.95. The molecule has 3 unspecified atom stereocenters. The van der Waals surface area contributed by atoms with Gasteiger partial charge in [-0.1, -0.05) is 13.8 Å². The summed E-state index contributed by atoms with van der Waals surface area (Å²) in [5, 5.41) is 85.7. The molecule has 0 spiro atoms. The van der Waals surface area contributed by atoms with Gasteiger partial charge in [-0.15, -0.1) is 0 Å². The molecule has 11 heteroatoms. The first-order valence-corrected chi connectivity index (χ1v) is 16.4. The van der Waals surface area contributed by atoms with E-state index in [0.717, 1.165) is 12.0 Å². The molecule has 0 radical (unpaired) electrons. The van der Waals surface area contributed by atoms with Crippen LogP contribution in [0, 0.1) is 28.6 Å². The van der Waals surface area contributed by atoms with Gasteiger partial charge in [-0.3, -0.25) is 4.79 Å². The Morgan fingerprint density at radius 1 is 1.00 bits per heavy atom. The van der Waals surface area contributed by atoms with Crippen LogP contribution in [-0.4, -0.2) is 113 Å². The van der Waals surface area contributed by atoms with Crippen molar-refractivity contribution in [3.05, 3.63) is 11.6 Å². The van der Waals surface area contributed by atoms with E-state index in [1.807, 2.05) is 6.92 Å². The smallest absolute Gasteiger partial charge is 0.186 e. The van der Waals surface area contributed by atoms with Crippen molar-refractivity contribution in [2.45, 2.75) is 152 Å². The number of allylic oxidation sites excluding steroid dienone is 1. The molecule has 0 amide bonds. The van der Waals surface area contributed by atoms with Gasteiger partial charge in [-0.25, -0.2) is 0 Å². The quantitative estimate of drug-likeness (QED) is 0.189. The molecule has 44 heavy (non-hydrogen) atoms. The Kier molecular flexibility index (Phi) is 9.06. The lowest BCUT2D eigenvalue weighted by atomic mass is 9.46. The fourth-order valence-electron chi connectivity index (χ4n) is 9.75. The minimum absolute atomic E-state index is 0.0553. The SMILES string of the molecule is CC(C)(O)CC[C@@H](O)[C@](C)(O)C1CC[C@@]2(O)C3=CC(=O)[C@@H]4C[C@@H](O[C@@H]5OC(CO)[C@@H](O)[C@@H](O)C5O)CC[C@]4(C)[C@H]3CC[C@]12C. The molecule has 1 saturated heterocycles. The normalized spacial score (nSPS) is 48.1. The zero-order valence-electron chi connectivity index (χ0n) is 26.7. The van der Waals surface area contributed by atoms with Gasteiger partial charge in [0, 0.05) is 11.3 Å². The number of hydrogen-bond acceptors (Lipinski definition) is 11. The molecule has 4 aliphatic carbocycles. The number of fused-ring (bicyclic) bond motifs is 5. The third-order valence-corrected chi connectivity index (χ3v) is 12.6. The van der Waals surface area contributed by atoms with Gasteiger partial charge in [0.15, 0.2) is 12.1 Å². The average Bonchev–Trinajstić information content (AvgIpc) is 3.24. The van der Waals surface area contributed by atoms with Crippen LogP contribution in [0.25, 0.3) is 0 Å². The van der Waals surface area contributed by atoms with E-state index in [0.29, 0.717) is 44.9 Å². The van der Waals surface area contributed by atoms with E-state index in [2.05, 4.69) is 6.92 Å². The maximum atomic E-state index is 13.8. The number of aliphatic hydroxyl groups is 8. The van der Waals surface area contributed by atoms with Crippen molar-refractivity contribution in [3.8, 4) is 0 Å². The van der Waals surface area contributed by atoms with Crippen LogP contribution in [0.2, 0.25) is 0 Å². The lowest BCUT2D eigenvalue weighted by Crippen LogP contribution is -2.62. The maximum Gasteiger partial charge on any atom is 0.186 e. The minimum Gasteiger partial charge on any atom is -0.394 e. The second kappa shape index (κ2) is 11.6. The predicted molar refractivity (Wildman–Crippen MR) is 158 cm³/mol. The average molecular weight is 627 g/mol. The van der Waals surface area contributed by atoms with Gasteiger partial charge in [-0.05, 0) is 107 Å². The maximum absolute atomic E-state index is 13.8. The molecule has 0 aromatic heterocycles. The molecular weight excluding hydrogens is 572 g/mol. The third-order valence-electron chi connectivity index (χ3n) is 12.6. The van der Waals surface area contributed by atoms with Crippen LogP contribution in [-0.2, 0) is 14.3 Å². The Labute approximate surface area is 259 Å². The topological polar surface area (TPSA) is 197 Å². The molecule has 0 aromatic rings. The van der Waals surface area contributed by atoms with Crippen molar-refractivity contribution in [1.29, 1.82) is 0 Å². The van der Waals surface area contributed by atoms with E-state index in [1.54, 1.807) is 26.8 Å². The second-order valence-corrected chi connectivity index (χ2v) is 15.8. The number of aliphatic hydroxyl groups excluding tert-OH is 5. The first-order valence-electron chi connectivity index (χ1n) is 16.4. The van der Waals surface area contributed by atoms with Crippen molar-refractivity contribution in [2.75, 3.05) is 6.61 Å². The van der Waals surface area contributed by atoms with Crippen LogP contribution in [0.4, 0.5) is 0 Å². The summed E-state index contributed by atoms with van der Waals surface area (Å²) in [6.45, 7) is 8.49. The zero-order valence-corrected chi connectivity index (χ0v) is 26.7. The predicted octanol–water partition coefficient (Wildman–Crippen LogP) is 0.707. The summed E-state index contributed by atoms with van der Waals surface area (Å²) in [7, 11) is 0. The Bertz CT molecular complexity index is 1120. The first kappa shape index (κ1) is 34.3. The summed E-state index contributed by atoms with van der Waals surface area (Å²) >= 11 is 0. The lowest BCUT2D eigenvalue weighted by Gasteiger charge is -2.60. The molecule has 0 aromatic carbocycles. The Balaban J connectivity index is 1.35. The highest BCUT2D eigenvalue weighted by Gasteiger charge is 2.69. The van der Waals surface area contributed by atoms with Gasteiger partial charge >= 0.3 is 0 Å². The van der Waals surface area contributed by atoms with Gasteiger partial charge in [0.05, 0.1) is 35.6 Å². The Morgan fingerprint density at radius 3 is 2.32 bits per heavy atom. The molecule has 0 bridgehead atoms. The van der Waals surface area contributed by atoms with E-state index >= 15 is 0 Å². The van der Waals surface area contributed by atoms with Crippen molar-refractivity contribution < 1.29 is 55.1 Å². The fraction of sp³-hybridized carbons (Fsp3) is 0.909. The Morgan fingerprint density at radius 2 is 1.68 bits per heavy atom. The number of hydrogen-bond donors (Lipinski definition) is 8. The molecule has 8 N–H and O–H groups in total. The molecule has 1 aliphatic heterocycles. The summed E-state index contributed by atoms with van der Waals surface area (Å²) in [6, 6.07) is 0. The van der Waals surface area contributed by atoms with Gasteiger partial charge in [0.25, 0.3) is 0 Å². The second-order valence-electron chi connectivity index (χ2n) is 15.8. The van der Waals surface area contributed by atoms with Crippen molar-refractivity contribution in [2.24, 2.45) is 28.6 Å². The van der Waals surface area contributed by atoms with Crippen LogP contribution in [0.15, 0.2) is 11.6 Å². The zero-order chi connectivity index (χ0) is 32.6. The third kappa shape index (κ3) is 5.42. The monoisotopic (exact) mass is 626 g/mol.